The first kappa shape index (κ1) is 37.9. The van der Waals surface area contributed by atoms with Crippen molar-refractivity contribution in [2.75, 3.05) is 38.7 Å². The second kappa shape index (κ2) is 17.7. The Morgan fingerprint density at radius 2 is 1.75 bits per heavy atom. The first-order valence-electron chi connectivity index (χ1n) is 17.0. The van der Waals surface area contributed by atoms with Crippen molar-refractivity contribution < 1.29 is 32.6 Å². The van der Waals surface area contributed by atoms with Crippen LogP contribution < -0.4 is 15.4 Å². The molecule has 4 rings (SSSR count). The Bertz CT molecular complexity index is 1470. The fourth-order valence-corrected chi connectivity index (χ4v) is 7.51. The second-order valence-corrected chi connectivity index (χ2v) is 15.7. The highest BCUT2D eigenvalue weighted by Crippen LogP contribution is 2.29. The molecule has 2 aromatic rings. The van der Waals surface area contributed by atoms with Crippen LogP contribution in [0.2, 0.25) is 5.02 Å². The van der Waals surface area contributed by atoms with E-state index in [2.05, 4.69) is 10.6 Å². The number of carbonyl (C=O) groups is 2. The maximum Gasteiger partial charge on any atom is 0.319 e. The summed E-state index contributed by atoms with van der Waals surface area (Å²) in [5.41, 5.74) is 0.717. The number of halogens is 1. The predicted octanol–water partition coefficient (Wildman–Crippen LogP) is 5.91. The van der Waals surface area contributed by atoms with Crippen LogP contribution in [0.15, 0.2) is 47.4 Å². The summed E-state index contributed by atoms with van der Waals surface area (Å²) >= 11 is 5.99. The molecule has 48 heavy (non-hydrogen) atoms. The average molecular weight is 707 g/mol. The largest absolute Gasteiger partial charge is 0.490 e. The maximum absolute atomic E-state index is 14.4. The third-order valence-electron chi connectivity index (χ3n) is 9.21. The molecule has 0 unspecified atom stereocenters. The SMILES string of the molecule is C[C@@H]1CN([C@H](C)CO)C(=O)c2cc(NC(=O)NC3CCCCC3)ccc2O[C@@H](C)CCCCO[C@@H]1CN(C)S(=O)(=O)c1ccc(Cl)cc1. The van der Waals surface area contributed by atoms with Gasteiger partial charge < -0.3 is 30.1 Å². The van der Waals surface area contributed by atoms with Gasteiger partial charge in [-0.25, -0.2) is 13.2 Å². The molecule has 1 aliphatic heterocycles. The number of urea groups is 1. The van der Waals surface area contributed by atoms with Crippen molar-refractivity contribution in [1.29, 1.82) is 0 Å². The molecule has 1 heterocycles. The van der Waals surface area contributed by atoms with Gasteiger partial charge in [-0.05, 0) is 88.4 Å². The molecular formula is C35H51ClN4O7S. The van der Waals surface area contributed by atoms with E-state index in [4.69, 9.17) is 21.1 Å². The summed E-state index contributed by atoms with van der Waals surface area (Å²) < 4.78 is 40.7. The van der Waals surface area contributed by atoms with E-state index in [0.717, 1.165) is 38.5 Å². The molecule has 0 spiro atoms. The van der Waals surface area contributed by atoms with Gasteiger partial charge in [0, 0.05) is 49.4 Å². The van der Waals surface area contributed by atoms with Crippen LogP contribution in [0.3, 0.4) is 0 Å². The molecule has 1 aliphatic carbocycles. The lowest BCUT2D eigenvalue weighted by Gasteiger charge is -2.35. The zero-order valence-corrected chi connectivity index (χ0v) is 30.1. The van der Waals surface area contributed by atoms with Gasteiger partial charge in [-0.1, -0.05) is 37.8 Å². The summed E-state index contributed by atoms with van der Waals surface area (Å²) in [5.74, 6) is -0.299. The Hall–Kier alpha value is -2.90. The number of carbonyl (C=O) groups excluding carboxylic acids is 2. The van der Waals surface area contributed by atoms with E-state index in [9.17, 15) is 23.1 Å². The molecule has 0 radical (unpaired) electrons. The summed E-state index contributed by atoms with van der Waals surface area (Å²) in [5, 5.41) is 16.6. The highest BCUT2D eigenvalue weighted by atomic mass is 35.5. The van der Waals surface area contributed by atoms with E-state index in [1.54, 1.807) is 30.0 Å². The molecule has 2 aromatic carbocycles. The molecule has 0 aromatic heterocycles. The monoisotopic (exact) mass is 706 g/mol. The number of likely N-dealkylation sites (N-methyl/N-ethyl adjacent to an activating group) is 1. The highest BCUT2D eigenvalue weighted by molar-refractivity contribution is 7.89. The number of ether oxygens (including phenoxy) is 2. The molecular weight excluding hydrogens is 656 g/mol. The topological polar surface area (TPSA) is 138 Å². The van der Waals surface area contributed by atoms with E-state index in [1.165, 1.54) is 42.0 Å². The van der Waals surface area contributed by atoms with Crippen molar-refractivity contribution in [2.45, 2.75) is 101 Å². The van der Waals surface area contributed by atoms with Gasteiger partial charge in [0.15, 0.2) is 0 Å². The Morgan fingerprint density at radius 3 is 2.44 bits per heavy atom. The number of rotatable bonds is 8. The number of amides is 3. The maximum atomic E-state index is 14.4. The second-order valence-electron chi connectivity index (χ2n) is 13.2. The van der Waals surface area contributed by atoms with Gasteiger partial charge in [0.2, 0.25) is 10.0 Å². The van der Waals surface area contributed by atoms with Crippen molar-refractivity contribution in [1.82, 2.24) is 14.5 Å². The van der Waals surface area contributed by atoms with Crippen molar-refractivity contribution in [2.24, 2.45) is 5.92 Å². The van der Waals surface area contributed by atoms with Gasteiger partial charge in [-0.3, -0.25) is 4.79 Å². The average Bonchev–Trinajstić information content (AvgIpc) is 3.06. The highest BCUT2D eigenvalue weighted by Gasteiger charge is 2.32. The van der Waals surface area contributed by atoms with Crippen LogP contribution in [-0.4, -0.2) is 92.3 Å². The summed E-state index contributed by atoms with van der Waals surface area (Å²) in [6.45, 7) is 5.97. The number of benzene rings is 2. The lowest BCUT2D eigenvalue weighted by atomic mass is 9.96. The predicted molar refractivity (Wildman–Crippen MR) is 187 cm³/mol. The van der Waals surface area contributed by atoms with Crippen molar-refractivity contribution in [3.63, 3.8) is 0 Å². The molecule has 3 amide bonds. The number of aliphatic hydroxyl groups is 1. The van der Waals surface area contributed by atoms with Crippen LogP contribution >= 0.6 is 11.6 Å². The van der Waals surface area contributed by atoms with Gasteiger partial charge in [0.25, 0.3) is 5.91 Å². The number of hydrogen-bond donors (Lipinski definition) is 3. The molecule has 0 saturated heterocycles. The Morgan fingerprint density at radius 1 is 1.06 bits per heavy atom. The number of hydrogen-bond acceptors (Lipinski definition) is 7. The van der Waals surface area contributed by atoms with E-state index in [0.29, 0.717) is 29.5 Å². The molecule has 11 nitrogen and oxygen atoms in total. The van der Waals surface area contributed by atoms with Crippen LogP contribution in [0.25, 0.3) is 0 Å². The third-order valence-corrected chi connectivity index (χ3v) is 11.3. The van der Waals surface area contributed by atoms with Gasteiger partial charge in [0.1, 0.15) is 5.75 Å². The quantitative estimate of drug-likeness (QED) is 0.310. The summed E-state index contributed by atoms with van der Waals surface area (Å²) in [6, 6.07) is 10.3. The first-order valence-corrected chi connectivity index (χ1v) is 18.8. The van der Waals surface area contributed by atoms with Gasteiger partial charge in [0.05, 0.1) is 35.3 Å². The van der Waals surface area contributed by atoms with E-state index in [-0.39, 0.29) is 60.2 Å². The number of nitrogens with one attached hydrogen (secondary N) is 2. The Kier molecular flexibility index (Phi) is 14.0. The third kappa shape index (κ3) is 10.3. The number of sulfonamides is 1. The van der Waals surface area contributed by atoms with Crippen LogP contribution in [0.1, 0.15) is 82.5 Å². The standard InChI is InChI=1S/C35H51ClN4O7S/c1-24-21-40(25(2)23-41)34(42)31-20-29(38-35(43)37-28-11-6-5-7-12-28)15-18-32(31)47-26(3)10-8-9-19-46-33(24)22-39(4)48(44,45)30-16-13-27(36)14-17-30/h13-18,20,24-26,28,33,41H,5-12,19,21-23H2,1-4H3,(H2,37,38,43)/t24-,25-,26+,33-/m1/s1. The summed E-state index contributed by atoms with van der Waals surface area (Å²) in [6.07, 6.45) is 6.75. The number of anilines is 1. The fraction of sp³-hybridized carbons (Fsp3) is 0.600. The number of fused-ring (bicyclic) bond motifs is 1. The number of nitrogens with zero attached hydrogens (tertiary/aromatic N) is 2. The van der Waals surface area contributed by atoms with Gasteiger partial charge >= 0.3 is 6.03 Å². The summed E-state index contributed by atoms with van der Waals surface area (Å²) in [7, 11) is -2.33. The lowest BCUT2D eigenvalue weighted by molar-refractivity contribution is -0.00833. The van der Waals surface area contributed by atoms with E-state index < -0.39 is 22.2 Å². The minimum absolute atomic E-state index is 0.0575. The normalized spacial score (nSPS) is 22.7. The van der Waals surface area contributed by atoms with Gasteiger partial charge in [-0.2, -0.15) is 4.31 Å². The minimum atomic E-state index is -3.84. The van der Waals surface area contributed by atoms with Crippen molar-refractivity contribution in [3.8, 4) is 5.75 Å². The number of aliphatic hydroxyl groups excluding tert-OH is 1. The van der Waals surface area contributed by atoms with Gasteiger partial charge in [-0.15, -0.1) is 0 Å². The Balaban J connectivity index is 1.60. The zero-order valence-electron chi connectivity index (χ0n) is 28.5. The molecule has 1 saturated carbocycles. The van der Waals surface area contributed by atoms with Crippen LogP contribution in [0.4, 0.5) is 10.5 Å². The molecule has 266 valence electrons. The minimum Gasteiger partial charge on any atom is -0.490 e. The van der Waals surface area contributed by atoms with E-state index in [1.807, 2.05) is 13.8 Å². The first-order chi connectivity index (χ1) is 22.9. The van der Waals surface area contributed by atoms with E-state index >= 15 is 0 Å². The summed E-state index contributed by atoms with van der Waals surface area (Å²) in [4.78, 5) is 28.9. The molecule has 4 atom stereocenters. The smallest absolute Gasteiger partial charge is 0.319 e. The zero-order chi connectivity index (χ0) is 34.8. The fourth-order valence-electron chi connectivity index (χ4n) is 6.20. The lowest BCUT2D eigenvalue weighted by Crippen LogP contribution is -2.48. The van der Waals surface area contributed by atoms with Crippen LogP contribution in [0, 0.1) is 5.92 Å². The molecule has 3 N–H and O–H groups in total. The Labute approximate surface area is 290 Å². The molecule has 1 fully saturated rings. The van der Waals surface area contributed by atoms with Crippen LogP contribution in [0.5, 0.6) is 5.75 Å². The van der Waals surface area contributed by atoms with Crippen LogP contribution in [-0.2, 0) is 14.8 Å². The molecule has 13 heteroatoms. The van der Waals surface area contributed by atoms with Crippen molar-refractivity contribution >= 4 is 39.2 Å². The molecule has 2 aliphatic rings. The van der Waals surface area contributed by atoms with Crippen molar-refractivity contribution in [3.05, 3.63) is 53.1 Å². The molecule has 0 bridgehead atoms.